The molecule has 1 fully saturated rings. The molecule has 0 unspecified atom stereocenters. The minimum Gasteiger partial charge on any atom is -0.395 e. The predicted octanol–water partition coefficient (Wildman–Crippen LogP) is -0.789. The number of aliphatic hydroxyl groups is 3. The van der Waals surface area contributed by atoms with E-state index < -0.39 is 34.3 Å². The summed E-state index contributed by atoms with van der Waals surface area (Å²) in [6.07, 6.45) is -0.887. The Kier molecular flexibility index (Phi) is 9.20. The molecule has 170 valence electrons. The van der Waals surface area contributed by atoms with Crippen LogP contribution in [0, 0.1) is 0 Å². The number of carbonyl (C=O) groups is 1. The molecule has 0 radical (unpaired) electrons. The van der Waals surface area contributed by atoms with Crippen LogP contribution in [0.2, 0.25) is 0 Å². The maximum Gasteiger partial charge on any atom is 0.240 e. The van der Waals surface area contributed by atoms with Gasteiger partial charge in [-0.15, -0.1) is 0 Å². The standard InChI is InChI=1S/C20H33N3O6S/c1-3-21-18(25)12-16-19(26)20(27)17(13-24)23(16)11-5-6-14-7-9-15(10-8-14)30(28,29)22-4-2/h7-10,16-17,19-20,22,24,26-27H,3-6,11-13H2,1-2H3,(H,21,25)/t16-,17-,19-,20-/m1/s1. The lowest BCUT2D eigenvalue weighted by Gasteiger charge is -2.29. The molecule has 1 heterocycles. The zero-order chi connectivity index (χ0) is 22.3. The van der Waals surface area contributed by atoms with Crippen molar-refractivity contribution < 1.29 is 28.5 Å². The molecule has 5 N–H and O–H groups in total. The van der Waals surface area contributed by atoms with Crippen molar-refractivity contribution in [3.63, 3.8) is 0 Å². The highest BCUT2D eigenvalue weighted by Gasteiger charge is 2.47. The molecule has 1 aromatic carbocycles. The molecule has 1 aliphatic rings. The lowest BCUT2D eigenvalue weighted by molar-refractivity contribution is -0.123. The van der Waals surface area contributed by atoms with Gasteiger partial charge in [-0.2, -0.15) is 0 Å². The summed E-state index contributed by atoms with van der Waals surface area (Å²) >= 11 is 0. The smallest absolute Gasteiger partial charge is 0.240 e. The maximum absolute atomic E-state index is 12.0. The van der Waals surface area contributed by atoms with Crippen LogP contribution in [0.3, 0.4) is 0 Å². The third-order valence-electron chi connectivity index (χ3n) is 5.40. The van der Waals surface area contributed by atoms with E-state index >= 15 is 0 Å². The fraction of sp³-hybridized carbons (Fsp3) is 0.650. The van der Waals surface area contributed by atoms with Crippen molar-refractivity contribution in [3.05, 3.63) is 29.8 Å². The Morgan fingerprint density at radius 1 is 1.07 bits per heavy atom. The summed E-state index contributed by atoms with van der Waals surface area (Å²) in [6, 6.07) is 5.43. The largest absolute Gasteiger partial charge is 0.395 e. The first-order chi connectivity index (χ1) is 14.2. The number of hydrogen-bond acceptors (Lipinski definition) is 7. The van der Waals surface area contributed by atoms with Crippen LogP contribution in [0.25, 0.3) is 0 Å². The van der Waals surface area contributed by atoms with E-state index in [4.69, 9.17) is 0 Å². The third-order valence-corrected chi connectivity index (χ3v) is 6.96. The number of amides is 1. The van der Waals surface area contributed by atoms with Crippen molar-refractivity contribution in [2.45, 2.75) is 62.3 Å². The van der Waals surface area contributed by atoms with Crippen molar-refractivity contribution in [3.8, 4) is 0 Å². The average Bonchev–Trinajstić information content (AvgIpc) is 2.92. The van der Waals surface area contributed by atoms with Gasteiger partial charge < -0.3 is 20.6 Å². The number of likely N-dealkylation sites (tertiary alicyclic amines) is 1. The first-order valence-corrected chi connectivity index (χ1v) is 11.8. The summed E-state index contributed by atoms with van der Waals surface area (Å²) in [7, 11) is -3.49. The Morgan fingerprint density at radius 2 is 1.70 bits per heavy atom. The molecule has 0 spiro atoms. The van der Waals surface area contributed by atoms with E-state index in [1.165, 1.54) is 0 Å². The Labute approximate surface area is 178 Å². The Bertz CT molecular complexity index is 786. The highest BCUT2D eigenvalue weighted by molar-refractivity contribution is 7.89. The molecule has 0 aliphatic carbocycles. The van der Waals surface area contributed by atoms with Gasteiger partial charge in [0.25, 0.3) is 0 Å². The van der Waals surface area contributed by atoms with E-state index in [0.717, 1.165) is 5.56 Å². The second kappa shape index (κ2) is 11.2. The number of aliphatic hydroxyl groups excluding tert-OH is 3. The second-order valence-electron chi connectivity index (χ2n) is 7.44. The molecule has 2 rings (SSSR count). The van der Waals surface area contributed by atoms with Crippen LogP contribution in [-0.2, 0) is 21.2 Å². The average molecular weight is 444 g/mol. The maximum atomic E-state index is 12.0. The summed E-state index contributed by atoms with van der Waals surface area (Å²) < 4.78 is 26.5. The zero-order valence-corrected chi connectivity index (χ0v) is 18.3. The summed E-state index contributed by atoms with van der Waals surface area (Å²) in [5.41, 5.74) is 0.951. The van der Waals surface area contributed by atoms with Crippen LogP contribution in [0.5, 0.6) is 0 Å². The van der Waals surface area contributed by atoms with Crippen LogP contribution in [-0.4, -0.2) is 85.1 Å². The highest BCUT2D eigenvalue weighted by atomic mass is 32.2. The monoisotopic (exact) mass is 443 g/mol. The first kappa shape index (κ1) is 24.7. The number of rotatable bonds is 11. The van der Waals surface area contributed by atoms with Crippen LogP contribution in [0.4, 0.5) is 0 Å². The minimum atomic E-state index is -3.49. The van der Waals surface area contributed by atoms with Crippen molar-refractivity contribution >= 4 is 15.9 Å². The van der Waals surface area contributed by atoms with E-state index in [2.05, 4.69) is 10.0 Å². The fourth-order valence-corrected chi connectivity index (χ4v) is 4.95. The number of nitrogens with one attached hydrogen (secondary N) is 2. The lowest BCUT2D eigenvalue weighted by Crippen LogP contribution is -2.44. The molecular formula is C20H33N3O6S. The quantitative estimate of drug-likeness (QED) is 0.302. The summed E-state index contributed by atoms with van der Waals surface area (Å²) in [6.45, 7) is 4.48. The van der Waals surface area contributed by atoms with E-state index in [1.807, 2.05) is 0 Å². The molecule has 30 heavy (non-hydrogen) atoms. The van der Waals surface area contributed by atoms with Gasteiger partial charge in [-0.05, 0) is 44.0 Å². The number of aryl methyl sites for hydroxylation is 1. The van der Waals surface area contributed by atoms with Crippen molar-refractivity contribution in [2.24, 2.45) is 0 Å². The number of nitrogens with zero attached hydrogens (tertiary/aromatic N) is 1. The van der Waals surface area contributed by atoms with Gasteiger partial charge in [-0.25, -0.2) is 13.1 Å². The first-order valence-electron chi connectivity index (χ1n) is 10.3. The molecule has 1 aliphatic heterocycles. The van der Waals surface area contributed by atoms with E-state index in [-0.39, 0.29) is 23.8 Å². The Morgan fingerprint density at radius 3 is 2.27 bits per heavy atom. The molecular weight excluding hydrogens is 410 g/mol. The summed E-state index contributed by atoms with van der Waals surface area (Å²) in [4.78, 5) is 14.0. The van der Waals surface area contributed by atoms with Crippen LogP contribution in [0.15, 0.2) is 29.2 Å². The molecule has 10 heteroatoms. The minimum absolute atomic E-state index is 0.0412. The SMILES string of the molecule is CCNC(=O)C[C@@H]1[C@@H](O)[C@H](O)[C@@H](CO)N1CCCc1ccc(S(=O)(=O)NCC)cc1. The van der Waals surface area contributed by atoms with Gasteiger partial charge >= 0.3 is 0 Å². The van der Waals surface area contributed by atoms with Gasteiger partial charge in [0.15, 0.2) is 0 Å². The van der Waals surface area contributed by atoms with E-state index in [1.54, 1.807) is 43.0 Å². The topological polar surface area (TPSA) is 139 Å². The zero-order valence-electron chi connectivity index (χ0n) is 17.5. The second-order valence-corrected chi connectivity index (χ2v) is 9.21. The summed E-state index contributed by atoms with van der Waals surface area (Å²) in [5.74, 6) is -0.213. The number of hydrogen-bond donors (Lipinski definition) is 5. The number of carbonyl (C=O) groups excluding carboxylic acids is 1. The van der Waals surface area contributed by atoms with Gasteiger partial charge in [0, 0.05) is 25.6 Å². The predicted molar refractivity (Wildman–Crippen MR) is 112 cm³/mol. The molecule has 1 aromatic rings. The van der Waals surface area contributed by atoms with Crippen molar-refractivity contribution in [2.75, 3.05) is 26.2 Å². The molecule has 9 nitrogen and oxygen atoms in total. The van der Waals surface area contributed by atoms with E-state index in [9.17, 15) is 28.5 Å². The normalized spacial score (nSPS) is 24.8. The van der Waals surface area contributed by atoms with Crippen molar-refractivity contribution in [1.82, 2.24) is 14.9 Å². The third kappa shape index (κ3) is 5.99. The van der Waals surface area contributed by atoms with E-state index in [0.29, 0.717) is 32.5 Å². The van der Waals surface area contributed by atoms with Gasteiger partial charge in [-0.3, -0.25) is 9.69 Å². The van der Waals surface area contributed by atoms with Gasteiger partial charge in [0.2, 0.25) is 15.9 Å². The molecule has 0 saturated carbocycles. The molecule has 1 saturated heterocycles. The lowest BCUT2D eigenvalue weighted by atomic mass is 10.1. The Hall–Kier alpha value is -1.56. The van der Waals surface area contributed by atoms with Crippen LogP contribution >= 0.6 is 0 Å². The molecule has 0 aromatic heterocycles. The Balaban J connectivity index is 2.00. The van der Waals surface area contributed by atoms with Gasteiger partial charge in [0.1, 0.15) is 0 Å². The van der Waals surface area contributed by atoms with Crippen molar-refractivity contribution in [1.29, 1.82) is 0 Å². The molecule has 4 atom stereocenters. The molecule has 0 bridgehead atoms. The highest BCUT2D eigenvalue weighted by Crippen LogP contribution is 2.28. The van der Waals surface area contributed by atoms with Crippen LogP contribution in [0.1, 0.15) is 32.3 Å². The summed E-state index contributed by atoms with van der Waals surface area (Å²) in [5, 5.41) is 33.0. The van der Waals surface area contributed by atoms with Gasteiger partial charge in [0.05, 0.1) is 29.8 Å². The number of sulfonamides is 1. The number of benzene rings is 1. The fourth-order valence-electron chi connectivity index (χ4n) is 3.91. The molecule has 1 amide bonds. The van der Waals surface area contributed by atoms with Gasteiger partial charge in [-0.1, -0.05) is 19.1 Å². The van der Waals surface area contributed by atoms with Crippen LogP contribution < -0.4 is 10.0 Å².